The zero-order valence-electron chi connectivity index (χ0n) is 8.30. The smallest absolute Gasteiger partial charge is 0.335 e. The van der Waals surface area contributed by atoms with E-state index in [-0.39, 0.29) is 30.2 Å². The maximum Gasteiger partial charge on any atom is 0.335 e. The molecule has 3 heterocycles. The molecule has 0 amide bonds. The van der Waals surface area contributed by atoms with Crippen LogP contribution in [-0.4, -0.2) is 37.0 Å². The number of hydrogen-bond donors (Lipinski definition) is 0. The highest BCUT2D eigenvalue weighted by Crippen LogP contribution is 2.43. The predicted molar refractivity (Wildman–Crippen MR) is 46.6 cm³/mol. The number of fused-ring (bicyclic) bond motifs is 2. The van der Waals surface area contributed by atoms with Crippen LogP contribution in [0.25, 0.3) is 0 Å². The SMILES string of the molecule is CC1C2OC3COC(=O)[C@H](O[C@H]31)C2C. The van der Waals surface area contributed by atoms with Crippen molar-refractivity contribution in [1.29, 1.82) is 0 Å². The van der Waals surface area contributed by atoms with E-state index in [0.29, 0.717) is 12.5 Å². The summed E-state index contributed by atoms with van der Waals surface area (Å²) in [5.74, 6) is 0.269. The van der Waals surface area contributed by atoms with Crippen molar-refractivity contribution in [2.45, 2.75) is 38.3 Å². The quantitative estimate of drug-likeness (QED) is 0.527. The summed E-state index contributed by atoms with van der Waals surface area (Å²) in [6.07, 6.45) is -0.244. The van der Waals surface area contributed by atoms with Crippen LogP contribution >= 0.6 is 0 Å². The van der Waals surface area contributed by atoms with E-state index in [9.17, 15) is 4.79 Å². The summed E-state index contributed by atoms with van der Waals surface area (Å²) in [4.78, 5) is 11.5. The first-order chi connectivity index (χ1) is 6.68. The predicted octanol–water partition coefficient (Wildman–Crippen LogP) is 0.350. The first-order valence-corrected chi connectivity index (χ1v) is 5.16. The normalized spacial score (nSPS) is 55.7. The number of carbonyl (C=O) groups is 1. The van der Waals surface area contributed by atoms with E-state index in [1.165, 1.54) is 0 Å². The summed E-state index contributed by atoms with van der Waals surface area (Å²) in [6.45, 7) is 4.47. The van der Waals surface area contributed by atoms with Crippen LogP contribution in [0.4, 0.5) is 0 Å². The summed E-state index contributed by atoms with van der Waals surface area (Å²) >= 11 is 0. The van der Waals surface area contributed by atoms with Gasteiger partial charge in [-0.25, -0.2) is 4.79 Å². The number of carbonyl (C=O) groups excluding carboxylic acids is 1. The fraction of sp³-hybridized carbons (Fsp3) is 0.900. The molecule has 3 bridgehead atoms. The van der Waals surface area contributed by atoms with E-state index in [2.05, 4.69) is 6.92 Å². The minimum Gasteiger partial charge on any atom is -0.461 e. The second kappa shape index (κ2) is 2.70. The molecule has 0 N–H and O–H groups in total. The molecule has 0 aliphatic carbocycles. The molecule has 0 aromatic carbocycles. The third-order valence-electron chi connectivity index (χ3n) is 3.66. The third-order valence-corrected chi connectivity index (χ3v) is 3.66. The van der Waals surface area contributed by atoms with Crippen molar-refractivity contribution in [2.24, 2.45) is 11.8 Å². The van der Waals surface area contributed by atoms with Crippen molar-refractivity contribution in [1.82, 2.24) is 0 Å². The molecule has 0 spiro atoms. The van der Waals surface area contributed by atoms with Gasteiger partial charge in [-0.15, -0.1) is 0 Å². The van der Waals surface area contributed by atoms with Crippen LogP contribution in [0.1, 0.15) is 13.8 Å². The van der Waals surface area contributed by atoms with Gasteiger partial charge in [-0.05, 0) is 0 Å². The molecular formula is C10H14O4. The molecule has 0 aromatic rings. The van der Waals surface area contributed by atoms with Crippen LogP contribution < -0.4 is 0 Å². The number of ether oxygens (including phenoxy) is 3. The highest BCUT2D eigenvalue weighted by Gasteiger charge is 2.56. The lowest BCUT2D eigenvalue weighted by Crippen LogP contribution is -2.47. The van der Waals surface area contributed by atoms with Gasteiger partial charge < -0.3 is 14.2 Å². The molecule has 0 radical (unpaired) electrons. The summed E-state index contributed by atoms with van der Waals surface area (Å²) in [5, 5.41) is 0. The van der Waals surface area contributed by atoms with Crippen LogP contribution in [0, 0.1) is 11.8 Å². The summed E-state index contributed by atoms with van der Waals surface area (Å²) in [5.41, 5.74) is 0. The molecule has 3 aliphatic heterocycles. The van der Waals surface area contributed by atoms with Crippen LogP contribution in [0.3, 0.4) is 0 Å². The molecule has 4 nitrogen and oxygen atoms in total. The van der Waals surface area contributed by atoms with E-state index in [1.807, 2.05) is 6.92 Å². The molecule has 0 saturated carbocycles. The van der Waals surface area contributed by atoms with Gasteiger partial charge in [-0.2, -0.15) is 0 Å². The van der Waals surface area contributed by atoms with Gasteiger partial charge >= 0.3 is 5.97 Å². The zero-order valence-corrected chi connectivity index (χ0v) is 8.30. The molecule has 3 aliphatic rings. The van der Waals surface area contributed by atoms with E-state index in [0.717, 1.165) is 0 Å². The Morgan fingerprint density at radius 1 is 1.14 bits per heavy atom. The zero-order chi connectivity index (χ0) is 9.87. The highest BCUT2D eigenvalue weighted by atomic mass is 16.6. The second-order valence-electron chi connectivity index (χ2n) is 4.51. The topological polar surface area (TPSA) is 44.8 Å². The molecule has 6 atom stereocenters. The average Bonchev–Trinajstić information content (AvgIpc) is 2.33. The Bertz CT molecular complexity index is 275. The number of esters is 1. The first-order valence-electron chi connectivity index (χ1n) is 5.16. The molecule has 3 saturated heterocycles. The Morgan fingerprint density at radius 2 is 1.93 bits per heavy atom. The molecule has 3 rings (SSSR count). The highest BCUT2D eigenvalue weighted by molar-refractivity contribution is 5.75. The van der Waals surface area contributed by atoms with Gasteiger partial charge in [-0.1, -0.05) is 13.8 Å². The largest absolute Gasteiger partial charge is 0.461 e. The van der Waals surface area contributed by atoms with Gasteiger partial charge in [0.15, 0.2) is 6.10 Å². The Hall–Kier alpha value is -0.610. The summed E-state index contributed by atoms with van der Waals surface area (Å²) in [6, 6.07) is 0. The van der Waals surface area contributed by atoms with Gasteiger partial charge in [-0.3, -0.25) is 0 Å². The lowest BCUT2D eigenvalue weighted by molar-refractivity contribution is -0.172. The van der Waals surface area contributed by atoms with Gasteiger partial charge in [0, 0.05) is 11.8 Å². The number of hydrogen-bond acceptors (Lipinski definition) is 4. The third kappa shape index (κ3) is 0.929. The number of cyclic esters (lactones) is 1. The fourth-order valence-electron chi connectivity index (χ4n) is 2.86. The number of rotatable bonds is 0. The van der Waals surface area contributed by atoms with E-state index in [4.69, 9.17) is 14.2 Å². The van der Waals surface area contributed by atoms with Crippen LogP contribution in [0.5, 0.6) is 0 Å². The van der Waals surface area contributed by atoms with Crippen molar-refractivity contribution in [3.8, 4) is 0 Å². The van der Waals surface area contributed by atoms with E-state index in [1.54, 1.807) is 0 Å². The molecule has 3 fully saturated rings. The summed E-state index contributed by atoms with van der Waals surface area (Å²) in [7, 11) is 0. The van der Waals surface area contributed by atoms with Crippen LogP contribution in [0.15, 0.2) is 0 Å². The molecule has 14 heavy (non-hydrogen) atoms. The van der Waals surface area contributed by atoms with Gasteiger partial charge in [0.25, 0.3) is 0 Å². The van der Waals surface area contributed by atoms with Gasteiger partial charge in [0.05, 0.1) is 12.2 Å². The van der Waals surface area contributed by atoms with Gasteiger partial charge in [0.2, 0.25) is 0 Å². The summed E-state index contributed by atoms with van der Waals surface area (Å²) < 4.78 is 16.7. The Labute approximate surface area is 82.5 Å². The minimum absolute atomic E-state index is 0.0473. The Kier molecular flexibility index (Phi) is 1.67. The molecular weight excluding hydrogens is 184 g/mol. The molecule has 0 aromatic heterocycles. The van der Waals surface area contributed by atoms with E-state index >= 15 is 0 Å². The van der Waals surface area contributed by atoms with Crippen molar-refractivity contribution in [3.05, 3.63) is 0 Å². The van der Waals surface area contributed by atoms with Crippen molar-refractivity contribution in [2.75, 3.05) is 6.61 Å². The van der Waals surface area contributed by atoms with Crippen molar-refractivity contribution < 1.29 is 19.0 Å². The Balaban J connectivity index is 1.99. The average molecular weight is 198 g/mol. The van der Waals surface area contributed by atoms with Crippen LogP contribution in [0.2, 0.25) is 0 Å². The first kappa shape index (κ1) is 8.68. The van der Waals surface area contributed by atoms with E-state index < -0.39 is 6.10 Å². The maximum absolute atomic E-state index is 11.5. The minimum atomic E-state index is -0.409. The second-order valence-corrected chi connectivity index (χ2v) is 4.51. The molecule has 4 unspecified atom stereocenters. The Morgan fingerprint density at radius 3 is 2.71 bits per heavy atom. The monoisotopic (exact) mass is 198 g/mol. The van der Waals surface area contributed by atoms with Crippen LogP contribution in [-0.2, 0) is 19.0 Å². The van der Waals surface area contributed by atoms with Crippen molar-refractivity contribution in [3.63, 3.8) is 0 Å². The van der Waals surface area contributed by atoms with Gasteiger partial charge in [0.1, 0.15) is 12.7 Å². The lowest BCUT2D eigenvalue weighted by Gasteiger charge is -2.34. The fourth-order valence-corrected chi connectivity index (χ4v) is 2.86. The maximum atomic E-state index is 11.5. The lowest BCUT2D eigenvalue weighted by atomic mass is 9.84. The standard InChI is InChI=1S/C10H14O4/c1-4-7-5(2)9-10(11)12-3-6(13-7)8(4)14-9/h4-9H,3H2,1-2H3/t4?,5?,6?,7?,8-,9+/m0/s1. The van der Waals surface area contributed by atoms with Crippen molar-refractivity contribution >= 4 is 5.97 Å². The molecule has 78 valence electrons. The molecule has 4 heteroatoms.